The van der Waals surface area contributed by atoms with E-state index in [4.69, 9.17) is 23.7 Å². The molecule has 1 aliphatic rings. The summed E-state index contributed by atoms with van der Waals surface area (Å²) in [4.78, 5) is 0. The molecular formula is C35H38O6. The first-order chi connectivity index (χ1) is 20.2. The molecule has 0 spiro atoms. The van der Waals surface area contributed by atoms with Crippen molar-refractivity contribution in [1.29, 1.82) is 0 Å². The number of benzene rings is 4. The van der Waals surface area contributed by atoms with E-state index in [0.29, 0.717) is 19.8 Å². The Hall–Kier alpha value is -3.36. The van der Waals surface area contributed by atoms with E-state index in [9.17, 15) is 5.11 Å². The molecular weight excluding hydrogens is 516 g/mol. The van der Waals surface area contributed by atoms with Gasteiger partial charge in [-0.05, 0) is 22.3 Å². The largest absolute Gasteiger partial charge is 0.388 e. The second-order valence-electron chi connectivity index (χ2n) is 10.2. The summed E-state index contributed by atoms with van der Waals surface area (Å²) in [5.74, 6) is -0.496. The first-order valence-corrected chi connectivity index (χ1v) is 14.1. The molecule has 5 rings (SSSR count). The standard InChI is InChI=1S/C35H38O6/c1-37-35-34(40-24-28-18-10-4-11-19-28)33(39-23-27-16-8-3-9-17-27)31(32(36)29-20-12-5-13-21-29)30(41-35)25-38-22-26-14-6-2-7-15-26/h2-21,30-36H,22-25H2,1H3/t30-,31+,32+,33+,34-,35+/m1/s1. The highest BCUT2D eigenvalue weighted by Gasteiger charge is 2.50. The second-order valence-corrected chi connectivity index (χ2v) is 10.2. The van der Waals surface area contributed by atoms with Crippen LogP contribution >= 0.6 is 0 Å². The number of aliphatic hydroxyl groups is 1. The maximum absolute atomic E-state index is 11.8. The number of rotatable bonds is 13. The molecule has 0 radical (unpaired) electrons. The van der Waals surface area contributed by atoms with Crippen LogP contribution in [0.5, 0.6) is 0 Å². The molecule has 41 heavy (non-hydrogen) atoms. The van der Waals surface area contributed by atoms with Crippen LogP contribution in [0.25, 0.3) is 0 Å². The molecule has 1 fully saturated rings. The van der Waals surface area contributed by atoms with E-state index < -0.39 is 36.6 Å². The van der Waals surface area contributed by atoms with Crippen molar-refractivity contribution in [2.24, 2.45) is 5.92 Å². The quantitative estimate of drug-likeness (QED) is 0.216. The number of methoxy groups -OCH3 is 1. The van der Waals surface area contributed by atoms with Gasteiger partial charge in [-0.3, -0.25) is 0 Å². The first-order valence-electron chi connectivity index (χ1n) is 14.1. The molecule has 0 aromatic heterocycles. The minimum atomic E-state index is -0.886. The Kier molecular flexibility index (Phi) is 10.7. The van der Waals surface area contributed by atoms with Crippen molar-refractivity contribution < 1.29 is 28.8 Å². The number of hydrogen-bond donors (Lipinski definition) is 1. The zero-order chi connectivity index (χ0) is 28.3. The molecule has 1 heterocycles. The van der Waals surface area contributed by atoms with Crippen molar-refractivity contribution in [3.8, 4) is 0 Å². The number of ether oxygens (including phenoxy) is 5. The van der Waals surface area contributed by atoms with Gasteiger partial charge >= 0.3 is 0 Å². The number of hydrogen-bond acceptors (Lipinski definition) is 6. The maximum atomic E-state index is 11.8. The summed E-state index contributed by atoms with van der Waals surface area (Å²) >= 11 is 0. The summed E-state index contributed by atoms with van der Waals surface area (Å²) in [5, 5.41) is 11.8. The second kappa shape index (κ2) is 15.0. The fourth-order valence-electron chi connectivity index (χ4n) is 5.30. The summed E-state index contributed by atoms with van der Waals surface area (Å²) in [6, 6.07) is 39.6. The van der Waals surface area contributed by atoms with Crippen LogP contribution < -0.4 is 0 Å². The van der Waals surface area contributed by atoms with Crippen molar-refractivity contribution in [3.05, 3.63) is 144 Å². The van der Waals surface area contributed by atoms with Crippen LogP contribution in [0.15, 0.2) is 121 Å². The molecule has 0 saturated carbocycles. The van der Waals surface area contributed by atoms with Gasteiger partial charge in [0.05, 0.1) is 44.7 Å². The Bertz CT molecular complexity index is 1270. The van der Waals surface area contributed by atoms with Gasteiger partial charge in [-0.2, -0.15) is 0 Å². The van der Waals surface area contributed by atoms with Gasteiger partial charge in [-0.25, -0.2) is 0 Å². The molecule has 1 saturated heterocycles. The fraction of sp³-hybridized carbons (Fsp3) is 0.314. The molecule has 6 atom stereocenters. The third kappa shape index (κ3) is 7.89. The Morgan fingerprint density at radius 1 is 0.634 bits per heavy atom. The lowest BCUT2D eigenvalue weighted by atomic mass is 9.81. The van der Waals surface area contributed by atoms with E-state index in [-0.39, 0.29) is 6.61 Å². The zero-order valence-corrected chi connectivity index (χ0v) is 23.3. The van der Waals surface area contributed by atoms with Gasteiger partial charge in [-0.1, -0.05) is 121 Å². The highest BCUT2D eigenvalue weighted by atomic mass is 16.7. The molecule has 6 heteroatoms. The topological polar surface area (TPSA) is 66.4 Å². The summed E-state index contributed by atoms with van der Waals surface area (Å²) in [5.41, 5.74) is 3.89. The average molecular weight is 555 g/mol. The van der Waals surface area contributed by atoms with Crippen molar-refractivity contribution in [3.63, 3.8) is 0 Å². The third-order valence-electron chi connectivity index (χ3n) is 7.41. The molecule has 0 aliphatic carbocycles. The van der Waals surface area contributed by atoms with Crippen molar-refractivity contribution >= 4 is 0 Å². The molecule has 1 aliphatic heterocycles. The van der Waals surface area contributed by atoms with Gasteiger partial charge < -0.3 is 28.8 Å². The van der Waals surface area contributed by atoms with E-state index in [1.165, 1.54) is 0 Å². The van der Waals surface area contributed by atoms with E-state index in [0.717, 1.165) is 22.3 Å². The molecule has 214 valence electrons. The fourth-order valence-corrected chi connectivity index (χ4v) is 5.30. The van der Waals surface area contributed by atoms with Gasteiger partial charge in [-0.15, -0.1) is 0 Å². The van der Waals surface area contributed by atoms with Gasteiger partial charge in [0.15, 0.2) is 6.29 Å². The van der Waals surface area contributed by atoms with Crippen LogP contribution in [0.2, 0.25) is 0 Å². The van der Waals surface area contributed by atoms with Crippen LogP contribution in [0, 0.1) is 5.92 Å². The van der Waals surface area contributed by atoms with Crippen LogP contribution in [0.1, 0.15) is 28.4 Å². The monoisotopic (exact) mass is 554 g/mol. The lowest BCUT2D eigenvalue weighted by Gasteiger charge is -2.47. The molecule has 0 bridgehead atoms. The van der Waals surface area contributed by atoms with Crippen molar-refractivity contribution in [2.45, 2.75) is 50.5 Å². The van der Waals surface area contributed by atoms with Crippen LogP contribution in [-0.2, 0) is 43.5 Å². The zero-order valence-electron chi connectivity index (χ0n) is 23.3. The smallest absolute Gasteiger partial charge is 0.186 e. The lowest BCUT2D eigenvalue weighted by molar-refractivity contribution is -0.315. The van der Waals surface area contributed by atoms with Crippen LogP contribution in [-0.4, -0.2) is 43.4 Å². The molecule has 1 N–H and O–H groups in total. The average Bonchev–Trinajstić information content (AvgIpc) is 3.04. The Labute approximate surface area is 242 Å². The SMILES string of the molecule is CO[C@H]1O[C@H](COCc2ccccc2)[C@@H]([C@@H](O)c2ccccc2)[C@H](OCc2ccccc2)[C@H]1OCc1ccccc1. The normalized spacial score (nSPS) is 23.2. The molecule has 0 amide bonds. The predicted octanol–water partition coefficient (Wildman–Crippen LogP) is 6.10. The third-order valence-corrected chi connectivity index (χ3v) is 7.41. The molecule has 4 aromatic rings. The van der Waals surface area contributed by atoms with Crippen LogP contribution in [0.3, 0.4) is 0 Å². The van der Waals surface area contributed by atoms with E-state index in [1.54, 1.807) is 7.11 Å². The minimum absolute atomic E-state index is 0.250. The molecule has 4 aromatic carbocycles. The minimum Gasteiger partial charge on any atom is -0.388 e. The molecule has 0 unspecified atom stereocenters. The first kappa shape index (κ1) is 29.1. The Balaban J connectivity index is 1.44. The van der Waals surface area contributed by atoms with Gasteiger partial charge in [0.25, 0.3) is 0 Å². The van der Waals surface area contributed by atoms with Gasteiger partial charge in [0.2, 0.25) is 0 Å². The van der Waals surface area contributed by atoms with Crippen LogP contribution in [0.4, 0.5) is 0 Å². The predicted molar refractivity (Wildman–Crippen MR) is 157 cm³/mol. The lowest BCUT2D eigenvalue weighted by Crippen LogP contribution is -2.59. The van der Waals surface area contributed by atoms with Crippen molar-refractivity contribution in [2.75, 3.05) is 13.7 Å². The summed E-state index contributed by atoms with van der Waals surface area (Å²) in [7, 11) is 1.60. The van der Waals surface area contributed by atoms with E-state index >= 15 is 0 Å². The highest BCUT2D eigenvalue weighted by molar-refractivity contribution is 5.20. The summed E-state index contributed by atoms with van der Waals surface area (Å²) in [6.45, 7) is 1.38. The Morgan fingerprint density at radius 3 is 1.61 bits per heavy atom. The van der Waals surface area contributed by atoms with E-state index in [1.807, 2.05) is 121 Å². The number of aliphatic hydroxyl groups excluding tert-OH is 1. The van der Waals surface area contributed by atoms with Crippen molar-refractivity contribution in [1.82, 2.24) is 0 Å². The molecule has 6 nitrogen and oxygen atoms in total. The maximum Gasteiger partial charge on any atom is 0.186 e. The Morgan fingerprint density at radius 2 is 1.10 bits per heavy atom. The summed E-state index contributed by atoms with van der Waals surface area (Å²) in [6.07, 6.45) is -3.28. The van der Waals surface area contributed by atoms with Gasteiger partial charge in [0, 0.05) is 13.0 Å². The van der Waals surface area contributed by atoms with Gasteiger partial charge in [0.1, 0.15) is 6.10 Å². The highest BCUT2D eigenvalue weighted by Crippen LogP contribution is 2.39. The summed E-state index contributed by atoms with van der Waals surface area (Å²) < 4.78 is 31.6. The van der Waals surface area contributed by atoms with E-state index in [2.05, 4.69) is 0 Å².